The molecule has 156 valence electrons. The maximum Gasteiger partial charge on any atom is 0.199 e. The van der Waals surface area contributed by atoms with E-state index in [-0.39, 0.29) is 6.61 Å². The van der Waals surface area contributed by atoms with Crippen molar-refractivity contribution in [3.63, 3.8) is 0 Å². The van der Waals surface area contributed by atoms with Gasteiger partial charge in [-0.25, -0.2) is 0 Å². The van der Waals surface area contributed by atoms with Crippen LogP contribution in [0.15, 0.2) is 22.1 Å². The summed E-state index contributed by atoms with van der Waals surface area (Å²) in [7, 11) is 0. The first kappa shape index (κ1) is 23.7. The molecular formula is C22H42N4O. The van der Waals surface area contributed by atoms with Crippen LogP contribution in [0.1, 0.15) is 84.5 Å². The van der Waals surface area contributed by atoms with E-state index < -0.39 is 0 Å². The molecular weight excluding hydrogens is 336 g/mol. The van der Waals surface area contributed by atoms with Crippen molar-refractivity contribution < 1.29 is 5.11 Å². The predicted molar refractivity (Wildman–Crippen MR) is 118 cm³/mol. The van der Waals surface area contributed by atoms with E-state index in [1.165, 1.54) is 64.2 Å². The highest BCUT2D eigenvalue weighted by Gasteiger charge is 2.19. The Labute approximate surface area is 167 Å². The Kier molecular flexibility index (Phi) is 13.7. The van der Waals surface area contributed by atoms with Gasteiger partial charge in [-0.2, -0.15) is 0 Å². The van der Waals surface area contributed by atoms with Gasteiger partial charge in [0.05, 0.1) is 13.2 Å². The van der Waals surface area contributed by atoms with Gasteiger partial charge in [0, 0.05) is 26.1 Å². The highest BCUT2D eigenvalue weighted by Crippen LogP contribution is 2.11. The molecule has 5 heteroatoms. The van der Waals surface area contributed by atoms with Crippen LogP contribution in [0.5, 0.6) is 0 Å². The number of aliphatic hydroxyl groups is 1. The van der Waals surface area contributed by atoms with Crippen LogP contribution in [-0.2, 0) is 0 Å². The van der Waals surface area contributed by atoms with Gasteiger partial charge in [-0.3, -0.25) is 9.98 Å². The van der Waals surface area contributed by atoms with Crippen molar-refractivity contribution in [1.82, 2.24) is 10.2 Å². The molecule has 0 atom stereocenters. The monoisotopic (exact) mass is 378 g/mol. The Hall–Kier alpha value is -1.36. The average molecular weight is 379 g/mol. The molecule has 1 rings (SSSR count). The molecule has 0 amide bonds. The Morgan fingerprint density at radius 1 is 1.00 bits per heavy atom. The molecule has 1 saturated heterocycles. The lowest BCUT2D eigenvalue weighted by Gasteiger charge is -2.32. The minimum Gasteiger partial charge on any atom is -0.394 e. The average Bonchev–Trinajstić information content (AvgIpc) is 2.65. The third-order valence-corrected chi connectivity index (χ3v) is 4.81. The summed E-state index contributed by atoms with van der Waals surface area (Å²) in [6.45, 7) is 11.4. The predicted octanol–water partition coefficient (Wildman–Crippen LogP) is 4.53. The van der Waals surface area contributed by atoms with Crippen molar-refractivity contribution in [3.05, 3.63) is 12.2 Å². The molecule has 0 spiro atoms. The van der Waals surface area contributed by atoms with Crippen molar-refractivity contribution in [2.45, 2.75) is 84.5 Å². The van der Waals surface area contributed by atoms with Crippen LogP contribution >= 0.6 is 0 Å². The van der Waals surface area contributed by atoms with Crippen molar-refractivity contribution in [2.24, 2.45) is 9.98 Å². The van der Waals surface area contributed by atoms with Gasteiger partial charge < -0.3 is 15.3 Å². The second-order valence-corrected chi connectivity index (χ2v) is 7.69. The third kappa shape index (κ3) is 11.9. The number of aliphatic hydroxyl groups excluding tert-OH is 1. The SMILES string of the molecule is C=C(C)CN1CCC(=NCCCCCCCCCCCC)NC1=NCCO. The fraction of sp³-hybridized carbons (Fsp3) is 0.818. The molecule has 5 nitrogen and oxygen atoms in total. The summed E-state index contributed by atoms with van der Waals surface area (Å²) in [5.41, 5.74) is 1.11. The van der Waals surface area contributed by atoms with E-state index in [9.17, 15) is 0 Å². The number of nitrogens with one attached hydrogen (secondary N) is 1. The van der Waals surface area contributed by atoms with Gasteiger partial charge in [0.25, 0.3) is 0 Å². The van der Waals surface area contributed by atoms with Crippen molar-refractivity contribution >= 4 is 11.8 Å². The minimum atomic E-state index is 0.0666. The first-order valence-electron chi connectivity index (χ1n) is 11.0. The smallest absolute Gasteiger partial charge is 0.199 e. The highest BCUT2D eigenvalue weighted by atomic mass is 16.3. The van der Waals surface area contributed by atoms with Crippen LogP contribution in [0, 0.1) is 0 Å². The molecule has 0 bridgehead atoms. The van der Waals surface area contributed by atoms with Crippen LogP contribution in [0.4, 0.5) is 0 Å². The topological polar surface area (TPSA) is 60.2 Å². The molecule has 2 N–H and O–H groups in total. The molecule has 0 aromatic carbocycles. The number of unbranched alkanes of at least 4 members (excludes halogenated alkanes) is 9. The van der Waals surface area contributed by atoms with E-state index in [4.69, 9.17) is 10.1 Å². The molecule has 0 aliphatic carbocycles. The van der Waals surface area contributed by atoms with E-state index in [1.54, 1.807) is 0 Å². The van der Waals surface area contributed by atoms with E-state index in [1.807, 2.05) is 6.92 Å². The zero-order valence-electron chi connectivity index (χ0n) is 17.8. The van der Waals surface area contributed by atoms with Crippen LogP contribution in [-0.4, -0.2) is 54.6 Å². The lowest BCUT2D eigenvalue weighted by molar-refractivity contribution is 0.305. The number of hydrogen-bond donors (Lipinski definition) is 2. The van der Waals surface area contributed by atoms with Gasteiger partial charge in [-0.05, 0) is 13.3 Å². The molecule has 0 aromatic heterocycles. The quantitative estimate of drug-likeness (QED) is 0.325. The van der Waals surface area contributed by atoms with Gasteiger partial charge in [-0.1, -0.05) is 76.9 Å². The van der Waals surface area contributed by atoms with Gasteiger partial charge in [0.1, 0.15) is 5.84 Å². The standard InChI is InChI=1S/C22H42N4O/c1-4-5-6-7-8-9-10-11-12-13-15-23-21-14-17-26(19-20(2)3)22(25-21)24-16-18-27/h27H,2,4-19H2,1,3H3,(H,23,24,25). The molecule has 1 fully saturated rings. The second-order valence-electron chi connectivity index (χ2n) is 7.69. The fourth-order valence-electron chi connectivity index (χ4n) is 3.32. The first-order chi connectivity index (χ1) is 13.2. The Morgan fingerprint density at radius 3 is 2.22 bits per heavy atom. The van der Waals surface area contributed by atoms with Gasteiger partial charge in [-0.15, -0.1) is 0 Å². The first-order valence-corrected chi connectivity index (χ1v) is 11.0. The van der Waals surface area contributed by atoms with Crippen LogP contribution < -0.4 is 5.32 Å². The molecule has 0 aromatic rings. The van der Waals surface area contributed by atoms with Crippen molar-refractivity contribution in [1.29, 1.82) is 0 Å². The lowest BCUT2D eigenvalue weighted by Crippen LogP contribution is -2.51. The molecule has 0 saturated carbocycles. The zero-order valence-corrected chi connectivity index (χ0v) is 17.8. The van der Waals surface area contributed by atoms with E-state index in [0.717, 1.165) is 43.4 Å². The Bertz CT molecular complexity index is 459. The van der Waals surface area contributed by atoms with Gasteiger partial charge >= 0.3 is 0 Å². The summed E-state index contributed by atoms with van der Waals surface area (Å²) >= 11 is 0. The number of hydrogen-bond acceptors (Lipinski definition) is 3. The second kappa shape index (κ2) is 15.7. The summed E-state index contributed by atoms with van der Waals surface area (Å²) in [4.78, 5) is 11.4. The Balaban J connectivity index is 2.19. The van der Waals surface area contributed by atoms with Crippen LogP contribution in [0.3, 0.4) is 0 Å². The van der Waals surface area contributed by atoms with Crippen molar-refractivity contribution in [2.75, 3.05) is 32.8 Å². The summed E-state index contributed by atoms with van der Waals surface area (Å²) in [6, 6.07) is 0. The molecule has 1 heterocycles. The number of aliphatic imine (C=N–C) groups is 2. The Morgan fingerprint density at radius 2 is 1.63 bits per heavy atom. The molecule has 1 aliphatic rings. The zero-order chi connectivity index (χ0) is 19.7. The van der Waals surface area contributed by atoms with Crippen LogP contribution in [0.25, 0.3) is 0 Å². The summed E-state index contributed by atoms with van der Waals surface area (Å²) in [6.07, 6.45) is 14.4. The third-order valence-electron chi connectivity index (χ3n) is 4.81. The van der Waals surface area contributed by atoms with E-state index >= 15 is 0 Å². The van der Waals surface area contributed by atoms with Crippen LogP contribution in [0.2, 0.25) is 0 Å². The molecule has 27 heavy (non-hydrogen) atoms. The maximum atomic E-state index is 9.05. The fourth-order valence-corrected chi connectivity index (χ4v) is 3.32. The molecule has 0 unspecified atom stereocenters. The number of guanidine groups is 1. The largest absolute Gasteiger partial charge is 0.394 e. The maximum absolute atomic E-state index is 9.05. The van der Waals surface area contributed by atoms with Gasteiger partial charge in [0.2, 0.25) is 0 Å². The number of amidine groups is 1. The summed E-state index contributed by atoms with van der Waals surface area (Å²) in [5, 5.41) is 12.4. The summed E-state index contributed by atoms with van der Waals surface area (Å²) < 4.78 is 0. The molecule has 0 radical (unpaired) electrons. The van der Waals surface area contributed by atoms with Crippen molar-refractivity contribution in [3.8, 4) is 0 Å². The minimum absolute atomic E-state index is 0.0666. The lowest BCUT2D eigenvalue weighted by atomic mass is 10.1. The van der Waals surface area contributed by atoms with E-state index in [0.29, 0.717) is 6.54 Å². The normalized spacial score (nSPS) is 17.5. The van der Waals surface area contributed by atoms with E-state index in [2.05, 4.69) is 28.7 Å². The number of rotatable bonds is 15. The molecule has 1 aliphatic heterocycles. The number of nitrogens with zero attached hydrogens (tertiary/aromatic N) is 3. The highest BCUT2D eigenvalue weighted by molar-refractivity contribution is 6.02. The summed E-state index contributed by atoms with van der Waals surface area (Å²) in [5.74, 6) is 1.85. The van der Waals surface area contributed by atoms with Gasteiger partial charge in [0.15, 0.2) is 5.96 Å².